The van der Waals surface area contributed by atoms with Crippen LogP contribution in [0.2, 0.25) is 0 Å². The summed E-state index contributed by atoms with van der Waals surface area (Å²) in [4.78, 5) is 11.4. The number of aromatic hydroxyl groups is 1. The van der Waals surface area contributed by atoms with E-state index in [1.54, 1.807) is 13.0 Å². The minimum absolute atomic E-state index is 0.0857. The number of carbonyl (C=O) groups is 1. The van der Waals surface area contributed by atoms with E-state index in [0.717, 1.165) is 43.2 Å². The number of Topliss-reactive ketones (excluding diaryl/α,β-unsaturated/α-hetero) is 1. The Morgan fingerprint density at radius 3 is 2.38 bits per heavy atom. The van der Waals surface area contributed by atoms with Crippen molar-refractivity contribution in [2.75, 3.05) is 0 Å². The number of nitrogens with zero attached hydrogens (tertiary/aromatic N) is 1. The summed E-state index contributed by atoms with van der Waals surface area (Å²) in [5, 5.41) is 18.6. The van der Waals surface area contributed by atoms with Crippen LogP contribution in [0.5, 0.6) is 5.75 Å². The van der Waals surface area contributed by atoms with E-state index in [0.29, 0.717) is 12.3 Å². The lowest BCUT2D eigenvalue weighted by Gasteiger charge is -2.13. The molecule has 29 heavy (non-hydrogen) atoms. The maximum absolute atomic E-state index is 11.4. The van der Waals surface area contributed by atoms with Crippen molar-refractivity contribution in [2.45, 2.75) is 59.3 Å². The first-order valence-electron chi connectivity index (χ1n) is 10.5. The first-order valence-corrected chi connectivity index (χ1v) is 10.5. The molecule has 0 aliphatic heterocycles. The molecule has 0 fully saturated rings. The lowest BCUT2D eigenvalue weighted by atomic mass is 9.92. The molecule has 3 nitrogen and oxygen atoms in total. The molecule has 2 rings (SSSR count). The molecule has 154 valence electrons. The zero-order valence-electron chi connectivity index (χ0n) is 17.9. The summed E-state index contributed by atoms with van der Waals surface area (Å²) >= 11 is 0. The Hall–Kier alpha value is -2.86. The summed E-state index contributed by atoms with van der Waals surface area (Å²) in [7, 11) is 0. The molecule has 0 saturated heterocycles. The lowest BCUT2D eigenvalue weighted by Crippen LogP contribution is -2.00. The van der Waals surface area contributed by atoms with Crippen LogP contribution in [-0.2, 0) is 6.42 Å². The van der Waals surface area contributed by atoms with Crippen molar-refractivity contribution in [1.82, 2.24) is 0 Å². The predicted octanol–water partition coefficient (Wildman–Crippen LogP) is 6.97. The van der Waals surface area contributed by atoms with E-state index in [-0.39, 0.29) is 11.5 Å². The van der Waals surface area contributed by atoms with Gasteiger partial charge in [0, 0.05) is 17.5 Å². The fourth-order valence-corrected chi connectivity index (χ4v) is 3.07. The highest BCUT2D eigenvalue weighted by molar-refractivity contribution is 5.94. The summed E-state index contributed by atoms with van der Waals surface area (Å²) in [6.07, 6.45) is 9.66. The standard InChI is InChI=1S/C24H27NO2.C2H6/c1-19(26)22-15-12-21(13-16-22)11-10-20(7-3-2-6-18-25)14-17-23-8-4-5-9-24(23)27;1-2/h4-5,8-9,12-17,20,27H,2-3,6-7,10-11H2,1H3;1-2H3/b17-14+;. The van der Waals surface area contributed by atoms with E-state index in [4.69, 9.17) is 5.26 Å². The zero-order valence-corrected chi connectivity index (χ0v) is 17.9. The van der Waals surface area contributed by atoms with Gasteiger partial charge < -0.3 is 5.11 Å². The van der Waals surface area contributed by atoms with Gasteiger partial charge in [0.25, 0.3) is 0 Å². The minimum atomic E-state index is 0.0857. The van der Waals surface area contributed by atoms with E-state index in [1.807, 2.05) is 62.4 Å². The highest BCUT2D eigenvalue weighted by atomic mass is 16.3. The Morgan fingerprint density at radius 1 is 1.07 bits per heavy atom. The maximum atomic E-state index is 11.4. The molecule has 1 N–H and O–H groups in total. The predicted molar refractivity (Wildman–Crippen MR) is 121 cm³/mol. The van der Waals surface area contributed by atoms with Crippen LogP contribution in [0.25, 0.3) is 6.08 Å². The number of nitriles is 1. The van der Waals surface area contributed by atoms with Crippen molar-refractivity contribution in [3.05, 3.63) is 71.3 Å². The van der Waals surface area contributed by atoms with Gasteiger partial charge in [-0.2, -0.15) is 5.26 Å². The average molecular weight is 392 g/mol. The van der Waals surface area contributed by atoms with Crippen molar-refractivity contribution in [1.29, 1.82) is 5.26 Å². The third kappa shape index (κ3) is 9.25. The number of ketones is 1. The van der Waals surface area contributed by atoms with Crippen molar-refractivity contribution >= 4 is 11.9 Å². The van der Waals surface area contributed by atoms with Gasteiger partial charge in [-0.3, -0.25) is 4.79 Å². The molecule has 1 atom stereocenters. The van der Waals surface area contributed by atoms with E-state index < -0.39 is 0 Å². The summed E-state index contributed by atoms with van der Waals surface area (Å²) < 4.78 is 0. The van der Waals surface area contributed by atoms with Gasteiger partial charge in [-0.1, -0.05) is 74.9 Å². The fraction of sp³-hybridized carbons (Fsp3) is 0.385. The molecular formula is C26H33NO2. The second-order valence-electron chi connectivity index (χ2n) is 6.87. The van der Waals surface area contributed by atoms with E-state index >= 15 is 0 Å². The second-order valence-corrected chi connectivity index (χ2v) is 6.87. The Balaban J connectivity index is 0.00000204. The molecule has 0 aromatic heterocycles. The largest absolute Gasteiger partial charge is 0.507 e. The second kappa shape index (κ2) is 14.2. The summed E-state index contributed by atoms with van der Waals surface area (Å²) in [6, 6.07) is 17.3. The number of rotatable bonds is 10. The van der Waals surface area contributed by atoms with Crippen LogP contribution in [0.1, 0.15) is 74.4 Å². The molecule has 3 heteroatoms. The number of para-hydroxylation sites is 1. The number of aryl methyl sites for hydroxylation is 1. The van der Waals surface area contributed by atoms with Crippen LogP contribution in [0.3, 0.4) is 0 Å². The molecule has 0 saturated carbocycles. The number of hydrogen-bond donors (Lipinski definition) is 1. The summed E-state index contributed by atoms with van der Waals surface area (Å²) in [5.74, 6) is 0.759. The smallest absolute Gasteiger partial charge is 0.159 e. The third-order valence-electron chi connectivity index (χ3n) is 4.76. The quantitative estimate of drug-likeness (QED) is 0.351. The number of phenols is 1. The summed E-state index contributed by atoms with van der Waals surface area (Å²) in [5.41, 5.74) is 2.79. The molecule has 0 radical (unpaired) electrons. The topological polar surface area (TPSA) is 61.1 Å². The molecule has 2 aromatic rings. The molecule has 0 aliphatic rings. The third-order valence-corrected chi connectivity index (χ3v) is 4.76. The van der Waals surface area contributed by atoms with Crippen molar-refractivity contribution in [2.24, 2.45) is 5.92 Å². The van der Waals surface area contributed by atoms with Gasteiger partial charge in [0.05, 0.1) is 6.07 Å². The number of hydrogen-bond acceptors (Lipinski definition) is 3. The van der Waals surface area contributed by atoms with Crippen LogP contribution >= 0.6 is 0 Å². The Bertz CT molecular complexity index is 800. The van der Waals surface area contributed by atoms with Crippen LogP contribution < -0.4 is 0 Å². The van der Waals surface area contributed by atoms with Crippen LogP contribution in [0.15, 0.2) is 54.6 Å². The normalized spacial score (nSPS) is 11.4. The molecule has 0 amide bonds. The number of allylic oxidation sites excluding steroid dienone is 1. The van der Waals surface area contributed by atoms with Gasteiger partial charge in [0.15, 0.2) is 5.78 Å². The zero-order chi connectivity index (χ0) is 21.5. The van der Waals surface area contributed by atoms with Crippen molar-refractivity contribution in [3.63, 3.8) is 0 Å². The molecule has 2 aromatic carbocycles. The highest BCUT2D eigenvalue weighted by Gasteiger charge is 2.07. The summed E-state index contributed by atoms with van der Waals surface area (Å²) in [6.45, 7) is 5.58. The van der Waals surface area contributed by atoms with Crippen LogP contribution in [0.4, 0.5) is 0 Å². The average Bonchev–Trinajstić information content (AvgIpc) is 2.75. The molecule has 0 aliphatic carbocycles. The van der Waals surface area contributed by atoms with Crippen LogP contribution in [0, 0.1) is 17.2 Å². The van der Waals surface area contributed by atoms with Gasteiger partial charge in [-0.05, 0) is 50.2 Å². The number of carbonyl (C=O) groups excluding carboxylic acids is 1. The number of benzene rings is 2. The lowest BCUT2D eigenvalue weighted by molar-refractivity contribution is 0.101. The van der Waals surface area contributed by atoms with E-state index in [1.165, 1.54) is 5.56 Å². The van der Waals surface area contributed by atoms with Crippen molar-refractivity contribution < 1.29 is 9.90 Å². The van der Waals surface area contributed by atoms with Gasteiger partial charge >= 0.3 is 0 Å². The molecule has 0 spiro atoms. The van der Waals surface area contributed by atoms with Gasteiger partial charge in [-0.25, -0.2) is 0 Å². The Labute approximate surface area is 175 Å². The van der Waals surface area contributed by atoms with E-state index in [2.05, 4.69) is 12.1 Å². The Morgan fingerprint density at radius 2 is 1.76 bits per heavy atom. The van der Waals surface area contributed by atoms with Crippen molar-refractivity contribution in [3.8, 4) is 11.8 Å². The van der Waals surface area contributed by atoms with Gasteiger partial charge in [0.1, 0.15) is 5.75 Å². The molecule has 0 bridgehead atoms. The molecule has 0 heterocycles. The van der Waals surface area contributed by atoms with Crippen LogP contribution in [-0.4, -0.2) is 10.9 Å². The Kier molecular flexibility index (Phi) is 11.8. The van der Waals surface area contributed by atoms with E-state index in [9.17, 15) is 9.90 Å². The maximum Gasteiger partial charge on any atom is 0.159 e. The van der Waals surface area contributed by atoms with Gasteiger partial charge in [-0.15, -0.1) is 0 Å². The highest BCUT2D eigenvalue weighted by Crippen LogP contribution is 2.23. The number of unbranched alkanes of at least 4 members (excludes halogenated alkanes) is 2. The number of phenolic OH excluding ortho intramolecular Hbond substituents is 1. The minimum Gasteiger partial charge on any atom is -0.507 e. The fourth-order valence-electron chi connectivity index (χ4n) is 3.07. The monoisotopic (exact) mass is 391 g/mol. The first kappa shape index (κ1) is 24.2. The SMILES string of the molecule is CC.CC(=O)c1ccc(CCC(/C=C/c2ccccc2O)CCCCC#N)cc1. The first-order chi connectivity index (χ1) is 14.1. The molecular weight excluding hydrogens is 358 g/mol. The molecule has 1 unspecified atom stereocenters. The van der Waals surface area contributed by atoms with Gasteiger partial charge in [0.2, 0.25) is 0 Å².